The van der Waals surface area contributed by atoms with Gasteiger partial charge in [0.05, 0.1) is 28.0 Å². The minimum absolute atomic E-state index is 0.147. The van der Waals surface area contributed by atoms with Crippen molar-refractivity contribution in [3.63, 3.8) is 0 Å². The number of thiophene rings is 1. The number of rotatable bonds is 7. The van der Waals surface area contributed by atoms with E-state index in [4.69, 9.17) is 27.7 Å². The van der Waals surface area contributed by atoms with Gasteiger partial charge in [-0.1, -0.05) is 64.8 Å². The second kappa shape index (κ2) is 14.4. The summed E-state index contributed by atoms with van der Waals surface area (Å²) in [6, 6.07) is 29.7. The van der Waals surface area contributed by atoms with Gasteiger partial charge in [0.15, 0.2) is 0 Å². The number of hydrogen-bond donors (Lipinski definition) is 0. The number of carbonyl (C=O) groups is 1. The summed E-state index contributed by atoms with van der Waals surface area (Å²) in [6.07, 6.45) is 6.69. The van der Waals surface area contributed by atoms with E-state index in [1.807, 2.05) is 60.8 Å². The predicted octanol–water partition coefficient (Wildman–Crippen LogP) is 8.86. The molecule has 3 aromatic carbocycles. The second-order valence-electron chi connectivity index (χ2n) is 10.2. The Hall–Kier alpha value is -5.07. The standard InChI is InChI=1S/C20H14ClN3O2.C15H11ClN2O2S2/c1-13-18(19(23-26-13)14-5-3-2-4-6-14)17-11-12-22-24(17)20(25)15-7-9-16(21)10-8-15;16-12-3-7-15(8-4-12)22(19,20)18-10-9-13(17-18)5-6-14-2-1-11-21-14/h2-12H,1H3;1-11H. The lowest BCUT2D eigenvalue weighted by Gasteiger charge is -2.07. The van der Waals surface area contributed by atoms with Gasteiger partial charge in [-0.3, -0.25) is 4.79 Å². The molecule has 0 N–H and O–H groups in total. The van der Waals surface area contributed by atoms with E-state index in [2.05, 4.69) is 15.4 Å². The number of aryl methyl sites for hydroxylation is 1. The van der Waals surface area contributed by atoms with Crippen LogP contribution in [0, 0.1) is 6.92 Å². The lowest BCUT2D eigenvalue weighted by Crippen LogP contribution is -2.15. The largest absolute Gasteiger partial charge is 0.360 e. The van der Waals surface area contributed by atoms with Gasteiger partial charge in [0.1, 0.15) is 11.5 Å². The Morgan fingerprint density at radius 3 is 2.25 bits per heavy atom. The van der Waals surface area contributed by atoms with Crippen LogP contribution in [0.5, 0.6) is 0 Å². The predicted molar refractivity (Wildman–Crippen MR) is 189 cm³/mol. The molecule has 0 aliphatic rings. The maximum atomic E-state index is 12.9. The van der Waals surface area contributed by atoms with Crippen molar-refractivity contribution >= 4 is 62.6 Å². The molecule has 0 aliphatic heterocycles. The van der Waals surface area contributed by atoms with E-state index in [0.29, 0.717) is 38.5 Å². The van der Waals surface area contributed by atoms with E-state index in [-0.39, 0.29) is 10.8 Å². The Kier molecular flexibility index (Phi) is 9.83. The number of hydrogen-bond acceptors (Lipinski definition) is 8. The monoisotopic (exact) mass is 713 g/mol. The van der Waals surface area contributed by atoms with Crippen LogP contribution >= 0.6 is 34.5 Å². The van der Waals surface area contributed by atoms with E-state index < -0.39 is 10.0 Å². The third-order valence-corrected chi connectivity index (χ3v) is 9.90. The van der Waals surface area contributed by atoms with Crippen LogP contribution in [0.2, 0.25) is 10.0 Å². The second-order valence-corrected chi connectivity index (χ2v) is 13.8. The molecule has 13 heteroatoms. The highest BCUT2D eigenvalue weighted by molar-refractivity contribution is 7.89. The molecule has 4 aromatic heterocycles. The van der Waals surface area contributed by atoms with Crippen LogP contribution in [0.15, 0.2) is 130 Å². The first kappa shape index (κ1) is 32.9. The number of carbonyl (C=O) groups excluding carboxylic acids is 1. The lowest BCUT2D eigenvalue weighted by molar-refractivity contribution is 0.0947. The van der Waals surface area contributed by atoms with Crippen molar-refractivity contribution in [2.45, 2.75) is 11.8 Å². The molecule has 4 heterocycles. The van der Waals surface area contributed by atoms with Gasteiger partial charge in [-0.05, 0) is 91.2 Å². The summed E-state index contributed by atoms with van der Waals surface area (Å²) >= 11 is 13.3. The van der Waals surface area contributed by atoms with Crippen LogP contribution in [0.3, 0.4) is 0 Å². The van der Waals surface area contributed by atoms with Gasteiger partial charge in [0.25, 0.3) is 15.9 Å². The Labute approximate surface area is 290 Å². The van der Waals surface area contributed by atoms with Gasteiger partial charge < -0.3 is 4.52 Å². The van der Waals surface area contributed by atoms with Gasteiger partial charge in [0, 0.05) is 32.2 Å². The van der Waals surface area contributed by atoms with Crippen molar-refractivity contribution in [2.24, 2.45) is 0 Å². The summed E-state index contributed by atoms with van der Waals surface area (Å²) in [4.78, 5) is 14.1. The SMILES string of the molecule is Cc1onc(-c2ccccc2)c1-c1ccnn1C(=O)c1ccc(Cl)cc1.O=S(=O)(c1ccc(Cl)cc1)n1ccc(C=Cc2cccs2)n1. The van der Waals surface area contributed by atoms with Gasteiger partial charge in [-0.15, -0.1) is 11.3 Å². The zero-order chi connectivity index (χ0) is 33.7. The van der Waals surface area contributed by atoms with E-state index in [1.165, 1.54) is 35.1 Å². The highest BCUT2D eigenvalue weighted by Crippen LogP contribution is 2.34. The number of aromatic nitrogens is 5. The first-order valence-corrected chi connectivity index (χ1v) is 17.4. The molecule has 0 radical (unpaired) electrons. The summed E-state index contributed by atoms with van der Waals surface area (Å²) in [6.45, 7) is 1.82. The summed E-state index contributed by atoms with van der Waals surface area (Å²) in [5.74, 6) is 0.371. The Bertz CT molecular complexity index is 2290. The summed E-state index contributed by atoms with van der Waals surface area (Å²) in [5, 5.41) is 15.5. The van der Waals surface area contributed by atoms with E-state index >= 15 is 0 Å². The molecule has 9 nitrogen and oxygen atoms in total. The van der Waals surface area contributed by atoms with Crippen LogP contribution in [0.1, 0.15) is 26.7 Å². The quantitative estimate of drug-likeness (QED) is 0.162. The fourth-order valence-electron chi connectivity index (χ4n) is 4.65. The average Bonchev–Trinajstić information content (AvgIpc) is 3.92. The molecule has 0 unspecified atom stereocenters. The Morgan fingerprint density at radius 2 is 1.56 bits per heavy atom. The van der Waals surface area contributed by atoms with Gasteiger partial charge >= 0.3 is 0 Å². The maximum Gasteiger partial charge on any atom is 0.282 e. The highest BCUT2D eigenvalue weighted by Gasteiger charge is 2.23. The number of halogens is 2. The topological polar surface area (TPSA) is 113 Å². The summed E-state index contributed by atoms with van der Waals surface area (Å²) in [5.41, 5.74) is 4.03. The number of nitrogens with zero attached hydrogens (tertiary/aromatic N) is 5. The summed E-state index contributed by atoms with van der Waals surface area (Å²) in [7, 11) is -3.69. The van der Waals surface area contributed by atoms with Gasteiger partial charge in [-0.25, -0.2) is 0 Å². The van der Waals surface area contributed by atoms with Gasteiger partial charge in [-0.2, -0.15) is 27.4 Å². The van der Waals surface area contributed by atoms with E-state index in [0.717, 1.165) is 20.1 Å². The van der Waals surface area contributed by atoms with Crippen LogP contribution in [0.25, 0.3) is 34.7 Å². The first-order chi connectivity index (χ1) is 23.2. The molecule has 0 saturated heterocycles. The fourth-order valence-corrected chi connectivity index (χ4v) is 6.64. The lowest BCUT2D eigenvalue weighted by atomic mass is 10.0. The molecule has 0 fully saturated rings. The zero-order valence-corrected chi connectivity index (χ0v) is 28.3. The maximum absolute atomic E-state index is 12.9. The van der Waals surface area contributed by atoms with Crippen LogP contribution in [0.4, 0.5) is 0 Å². The van der Waals surface area contributed by atoms with E-state index in [9.17, 15) is 13.2 Å². The normalized spacial score (nSPS) is 11.4. The third-order valence-electron chi connectivity index (χ3n) is 7.00. The molecular weight excluding hydrogens is 689 g/mol. The summed E-state index contributed by atoms with van der Waals surface area (Å²) < 4.78 is 32.6. The molecular formula is C35H25Cl2N5O4S2. The van der Waals surface area contributed by atoms with Crippen molar-refractivity contribution in [1.29, 1.82) is 0 Å². The van der Waals surface area contributed by atoms with Gasteiger partial charge in [0.2, 0.25) is 0 Å². The molecule has 240 valence electrons. The molecule has 7 rings (SSSR count). The minimum atomic E-state index is -3.69. The fraction of sp³-hybridized carbons (Fsp3) is 0.0286. The third kappa shape index (κ3) is 7.24. The first-order valence-electron chi connectivity index (χ1n) is 14.4. The van der Waals surface area contributed by atoms with Crippen molar-refractivity contribution in [2.75, 3.05) is 0 Å². The van der Waals surface area contributed by atoms with Crippen LogP contribution in [-0.2, 0) is 10.0 Å². The zero-order valence-electron chi connectivity index (χ0n) is 25.1. The molecule has 0 spiro atoms. The molecule has 7 aromatic rings. The smallest absolute Gasteiger partial charge is 0.282 e. The Balaban J connectivity index is 0.000000170. The minimum Gasteiger partial charge on any atom is -0.360 e. The highest BCUT2D eigenvalue weighted by atomic mass is 35.5. The van der Waals surface area contributed by atoms with Crippen molar-refractivity contribution in [1.82, 2.24) is 24.1 Å². The molecule has 0 atom stereocenters. The van der Waals surface area contributed by atoms with Crippen molar-refractivity contribution in [3.05, 3.63) is 153 Å². The molecule has 0 saturated carbocycles. The molecule has 0 amide bonds. The van der Waals surface area contributed by atoms with E-state index in [1.54, 1.807) is 60.0 Å². The Morgan fingerprint density at radius 1 is 0.854 bits per heavy atom. The average molecular weight is 715 g/mol. The van der Waals surface area contributed by atoms with Crippen molar-refractivity contribution < 1.29 is 17.7 Å². The molecule has 0 aliphatic carbocycles. The van der Waals surface area contributed by atoms with Crippen LogP contribution < -0.4 is 0 Å². The molecule has 0 bridgehead atoms. The van der Waals surface area contributed by atoms with Crippen LogP contribution in [-0.4, -0.2) is 38.4 Å². The molecule has 48 heavy (non-hydrogen) atoms. The van der Waals surface area contributed by atoms with Crippen molar-refractivity contribution in [3.8, 4) is 22.5 Å². The number of benzene rings is 3.